The summed E-state index contributed by atoms with van der Waals surface area (Å²) in [6, 6.07) is 16.0. The number of benzene rings is 2. The minimum atomic E-state index is 0.482. The van der Waals surface area contributed by atoms with Gasteiger partial charge in [-0.25, -0.2) is 0 Å². The third kappa shape index (κ3) is 1.76. The van der Waals surface area contributed by atoms with Crippen molar-refractivity contribution in [2.45, 2.75) is 0 Å². The fraction of sp³-hybridized carbons (Fsp3) is 0.0625. The van der Waals surface area contributed by atoms with Crippen molar-refractivity contribution < 1.29 is 9.31 Å². The van der Waals surface area contributed by atoms with Crippen LogP contribution >= 0.6 is 0 Å². The van der Waals surface area contributed by atoms with Gasteiger partial charge < -0.3 is 4.74 Å². The van der Waals surface area contributed by atoms with Crippen molar-refractivity contribution in [3.63, 3.8) is 0 Å². The monoisotopic (exact) mass is 234 g/mol. The highest BCUT2D eigenvalue weighted by Gasteiger charge is 2.20. The zero-order valence-corrected chi connectivity index (χ0v) is 9.84. The number of para-hydroxylation sites is 2. The second kappa shape index (κ2) is 4.38. The molecular formula is C16H12NO+. The van der Waals surface area contributed by atoms with E-state index in [1.54, 1.807) is 0 Å². The Morgan fingerprint density at radius 2 is 1.89 bits per heavy atom. The number of hydrogen-bond donors (Lipinski definition) is 0. The Bertz CT molecular complexity index is 651. The van der Waals surface area contributed by atoms with Crippen LogP contribution in [-0.4, -0.2) is 17.5 Å². The molecule has 2 aromatic rings. The fourth-order valence-corrected chi connectivity index (χ4v) is 2.04. The van der Waals surface area contributed by atoms with Crippen molar-refractivity contribution in [3.8, 4) is 18.1 Å². The van der Waals surface area contributed by atoms with E-state index in [1.165, 1.54) is 0 Å². The van der Waals surface area contributed by atoms with Crippen LogP contribution in [0.4, 0.5) is 5.69 Å². The molecule has 0 spiro atoms. The molecule has 0 radical (unpaired) electrons. The lowest BCUT2D eigenvalue weighted by Gasteiger charge is -2.14. The van der Waals surface area contributed by atoms with E-state index in [0.29, 0.717) is 6.73 Å². The molecule has 0 aromatic heterocycles. The van der Waals surface area contributed by atoms with Crippen LogP contribution < -0.4 is 4.74 Å². The summed E-state index contributed by atoms with van der Waals surface area (Å²) < 4.78 is 7.82. The van der Waals surface area contributed by atoms with Crippen LogP contribution in [0.25, 0.3) is 0 Å². The molecule has 2 aromatic carbocycles. The lowest BCUT2D eigenvalue weighted by atomic mass is 10.1. The number of hydrogen-bond acceptors (Lipinski definition) is 1. The van der Waals surface area contributed by atoms with E-state index >= 15 is 0 Å². The summed E-state index contributed by atoms with van der Waals surface area (Å²) in [5.74, 6) is 3.44. The molecule has 0 N–H and O–H groups in total. The van der Waals surface area contributed by atoms with Gasteiger partial charge in [0.15, 0.2) is 12.0 Å². The van der Waals surface area contributed by atoms with Gasteiger partial charge in [0.05, 0.1) is 11.1 Å². The molecule has 0 atom stereocenters. The fourth-order valence-electron chi connectivity index (χ4n) is 2.04. The maximum atomic E-state index is 5.76. The van der Waals surface area contributed by atoms with E-state index in [2.05, 4.69) is 28.8 Å². The SMILES string of the molecule is C#Cc1cccc2c1OC[N+](c1ccccc1)=C2. The number of ether oxygens (including phenoxy) is 1. The van der Waals surface area contributed by atoms with Crippen molar-refractivity contribution in [2.75, 3.05) is 6.73 Å². The third-order valence-electron chi connectivity index (χ3n) is 2.93. The van der Waals surface area contributed by atoms with Gasteiger partial charge in [-0.3, -0.25) is 0 Å². The zero-order chi connectivity index (χ0) is 12.4. The summed E-state index contributed by atoms with van der Waals surface area (Å²) >= 11 is 0. The highest BCUT2D eigenvalue weighted by atomic mass is 16.5. The normalized spacial score (nSPS) is 12.9. The van der Waals surface area contributed by atoms with E-state index in [1.807, 2.05) is 36.4 Å². The van der Waals surface area contributed by atoms with Crippen molar-refractivity contribution in [1.82, 2.24) is 0 Å². The summed E-state index contributed by atoms with van der Waals surface area (Å²) in [6.07, 6.45) is 7.53. The molecule has 1 aliphatic heterocycles. The lowest BCUT2D eigenvalue weighted by Crippen LogP contribution is -2.21. The first-order valence-electron chi connectivity index (χ1n) is 5.77. The van der Waals surface area contributed by atoms with E-state index in [-0.39, 0.29) is 0 Å². The van der Waals surface area contributed by atoms with Gasteiger partial charge in [-0.05, 0) is 12.1 Å². The summed E-state index contributed by atoms with van der Waals surface area (Å²) in [7, 11) is 0. The first-order valence-corrected chi connectivity index (χ1v) is 5.77. The Balaban J connectivity index is 2.08. The number of fused-ring (bicyclic) bond motifs is 1. The second-order valence-corrected chi connectivity index (χ2v) is 4.08. The minimum Gasteiger partial charge on any atom is -0.434 e. The van der Waals surface area contributed by atoms with Crippen LogP contribution in [0.5, 0.6) is 5.75 Å². The standard InChI is InChI=1S/C16H12NO/c1-2-13-7-6-8-14-11-17(12-18-16(13)14)15-9-4-3-5-10-15/h1,3-11H,12H2/q+1. The predicted molar refractivity (Wildman–Crippen MR) is 71.4 cm³/mol. The maximum Gasteiger partial charge on any atom is 0.292 e. The van der Waals surface area contributed by atoms with Gasteiger partial charge >= 0.3 is 0 Å². The van der Waals surface area contributed by atoms with Gasteiger partial charge in [0, 0.05) is 12.1 Å². The first kappa shape index (κ1) is 10.6. The Morgan fingerprint density at radius 3 is 2.67 bits per heavy atom. The molecule has 0 fully saturated rings. The van der Waals surface area contributed by atoms with Gasteiger partial charge in [0.2, 0.25) is 5.69 Å². The summed E-state index contributed by atoms with van der Waals surface area (Å²) in [5.41, 5.74) is 2.92. The molecular weight excluding hydrogens is 222 g/mol. The van der Waals surface area contributed by atoms with E-state index in [0.717, 1.165) is 22.6 Å². The van der Waals surface area contributed by atoms with Crippen molar-refractivity contribution >= 4 is 11.9 Å². The summed E-state index contributed by atoms with van der Waals surface area (Å²) in [6.45, 7) is 0.482. The maximum absolute atomic E-state index is 5.76. The minimum absolute atomic E-state index is 0.482. The first-order chi connectivity index (χ1) is 8.88. The molecule has 3 rings (SSSR count). The van der Waals surface area contributed by atoms with Crippen LogP contribution in [-0.2, 0) is 0 Å². The number of terminal acetylenes is 1. The zero-order valence-electron chi connectivity index (χ0n) is 9.84. The smallest absolute Gasteiger partial charge is 0.292 e. The lowest BCUT2D eigenvalue weighted by molar-refractivity contribution is -0.476. The molecule has 86 valence electrons. The Kier molecular flexibility index (Phi) is 2.59. The molecule has 2 nitrogen and oxygen atoms in total. The van der Waals surface area contributed by atoms with Crippen LogP contribution in [0.2, 0.25) is 0 Å². The average molecular weight is 234 g/mol. The number of rotatable bonds is 1. The number of nitrogens with zero attached hydrogens (tertiary/aromatic N) is 1. The van der Waals surface area contributed by atoms with Gasteiger partial charge in [-0.1, -0.05) is 30.2 Å². The Labute approximate surface area is 106 Å². The second-order valence-electron chi connectivity index (χ2n) is 4.08. The Hall–Kier alpha value is -2.53. The van der Waals surface area contributed by atoms with E-state index in [4.69, 9.17) is 11.2 Å². The van der Waals surface area contributed by atoms with Crippen molar-refractivity contribution in [3.05, 3.63) is 59.7 Å². The van der Waals surface area contributed by atoms with E-state index in [9.17, 15) is 0 Å². The predicted octanol–water partition coefficient (Wildman–Crippen LogP) is 2.78. The molecule has 1 aliphatic rings. The van der Waals surface area contributed by atoms with Gasteiger partial charge in [0.1, 0.15) is 0 Å². The average Bonchev–Trinajstić information content (AvgIpc) is 2.47. The molecule has 2 heteroatoms. The molecule has 0 aliphatic carbocycles. The van der Waals surface area contributed by atoms with Gasteiger partial charge in [0.25, 0.3) is 6.73 Å². The van der Waals surface area contributed by atoms with Gasteiger partial charge in [-0.2, -0.15) is 4.58 Å². The van der Waals surface area contributed by atoms with Crippen LogP contribution in [0, 0.1) is 12.3 Å². The molecule has 0 saturated heterocycles. The molecule has 0 amide bonds. The third-order valence-corrected chi connectivity index (χ3v) is 2.93. The quantitative estimate of drug-likeness (QED) is 0.546. The van der Waals surface area contributed by atoms with E-state index < -0.39 is 0 Å². The Morgan fingerprint density at radius 1 is 1.06 bits per heavy atom. The van der Waals surface area contributed by atoms with Crippen molar-refractivity contribution in [2.24, 2.45) is 0 Å². The van der Waals surface area contributed by atoms with Crippen molar-refractivity contribution in [1.29, 1.82) is 0 Å². The molecule has 0 bridgehead atoms. The van der Waals surface area contributed by atoms with Gasteiger partial charge in [-0.15, -0.1) is 6.42 Å². The van der Waals surface area contributed by atoms with Crippen LogP contribution in [0.15, 0.2) is 48.5 Å². The summed E-state index contributed by atoms with van der Waals surface area (Å²) in [5, 5.41) is 0. The summed E-state index contributed by atoms with van der Waals surface area (Å²) in [4.78, 5) is 0. The molecule has 1 heterocycles. The highest BCUT2D eigenvalue weighted by molar-refractivity contribution is 5.83. The molecule has 18 heavy (non-hydrogen) atoms. The molecule has 0 unspecified atom stereocenters. The molecule has 0 saturated carbocycles. The topological polar surface area (TPSA) is 12.2 Å². The largest absolute Gasteiger partial charge is 0.434 e. The highest BCUT2D eigenvalue weighted by Crippen LogP contribution is 2.26. The van der Waals surface area contributed by atoms with Crippen LogP contribution in [0.1, 0.15) is 11.1 Å². The van der Waals surface area contributed by atoms with Crippen LogP contribution in [0.3, 0.4) is 0 Å².